The number of rotatable bonds is 2. The summed E-state index contributed by atoms with van der Waals surface area (Å²) in [5, 5.41) is 16.3. The van der Waals surface area contributed by atoms with Crippen molar-refractivity contribution in [3.8, 4) is 0 Å². The monoisotopic (exact) mass is 299 g/mol. The molecule has 6 heteroatoms. The van der Waals surface area contributed by atoms with E-state index < -0.39 is 0 Å². The number of nitrogens with zero attached hydrogens (tertiary/aromatic N) is 5. The van der Waals surface area contributed by atoms with Gasteiger partial charge in [0, 0.05) is 18.5 Å². The van der Waals surface area contributed by atoms with Gasteiger partial charge in [0.2, 0.25) is 5.13 Å². The number of benzene rings is 1. The van der Waals surface area contributed by atoms with Crippen LogP contribution in [0.25, 0.3) is 10.9 Å². The number of para-hydroxylation sites is 1. The van der Waals surface area contributed by atoms with Gasteiger partial charge in [0.05, 0.1) is 17.8 Å². The molecule has 1 fully saturated rings. The fraction of sp³-hybridized carbons (Fsp3) is 0.400. The van der Waals surface area contributed by atoms with E-state index in [1.54, 1.807) is 11.3 Å². The van der Waals surface area contributed by atoms with Crippen LogP contribution in [-0.2, 0) is 0 Å². The molecule has 5 nitrogen and oxygen atoms in total. The van der Waals surface area contributed by atoms with Crippen molar-refractivity contribution in [2.45, 2.75) is 25.8 Å². The molecule has 1 aliphatic heterocycles. The topological polar surface area (TPSA) is 46.8 Å². The Bertz CT molecular complexity index is 754. The lowest BCUT2D eigenvalue weighted by atomic mass is 10.1. The highest BCUT2D eigenvalue weighted by molar-refractivity contribution is 7.15. The zero-order valence-corrected chi connectivity index (χ0v) is 12.8. The van der Waals surface area contributed by atoms with Crippen LogP contribution < -0.4 is 4.90 Å². The van der Waals surface area contributed by atoms with Crippen molar-refractivity contribution in [2.75, 3.05) is 18.0 Å². The van der Waals surface area contributed by atoms with Crippen molar-refractivity contribution >= 4 is 27.4 Å². The molecule has 1 saturated heterocycles. The van der Waals surface area contributed by atoms with E-state index in [4.69, 9.17) is 0 Å². The number of anilines is 1. The predicted molar refractivity (Wildman–Crippen MR) is 84.9 cm³/mol. The lowest BCUT2D eigenvalue weighted by molar-refractivity contribution is 0.376. The van der Waals surface area contributed by atoms with Crippen LogP contribution in [0.2, 0.25) is 0 Å². The Kier molecular flexibility index (Phi) is 3.11. The Morgan fingerprint density at radius 2 is 1.95 bits per heavy atom. The van der Waals surface area contributed by atoms with Gasteiger partial charge in [-0.05, 0) is 25.8 Å². The van der Waals surface area contributed by atoms with Gasteiger partial charge in [0.15, 0.2) is 0 Å². The summed E-state index contributed by atoms with van der Waals surface area (Å²) in [6.07, 6.45) is 4.17. The maximum Gasteiger partial charge on any atom is 0.208 e. The minimum atomic E-state index is 0.482. The highest BCUT2D eigenvalue weighted by Gasteiger charge is 2.24. The van der Waals surface area contributed by atoms with E-state index in [9.17, 15) is 0 Å². The van der Waals surface area contributed by atoms with Crippen molar-refractivity contribution in [3.63, 3.8) is 0 Å². The third kappa shape index (κ3) is 2.29. The smallest absolute Gasteiger partial charge is 0.208 e. The first-order valence-electron chi connectivity index (χ1n) is 7.28. The Morgan fingerprint density at radius 3 is 2.71 bits per heavy atom. The van der Waals surface area contributed by atoms with Gasteiger partial charge in [-0.1, -0.05) is 29.5 Å². The van der Waals surface area contributed by atoms with Gasteiger partial charge >= 0.3 is 0 Å². The molecule has 0 N–H and O–H groups in total. The Morgan fingerprint density at radius 1 is 1.14 bits per heavy atom. The second-order valence-electron chi connectivity index (χ2n) is 5.47. The van der Waals surface area contributed by atoms with Crippen LogP contribution in [0.3, 0.4) is 0 Å². The van der Waals surface area contributed by atoms with Gasteiger partial charge in [0.1, 0.15) is 5.01 Å². The number of aryl methyl sites for hydroxylation is 1. The van der Waals surface area contributed by atoms with Gasteiger partial charge in [-0.25, -0.2) is 0 Å². The van der Waals surface area contributed by atoms with E-state index in [1.165, 1.54) is 10.9 Å². The lowest BCUT2D eigenvalue weighted by Gasteiger charge is -2.31. The second kappa shape index (κ2) is 5.11. The number of hydrogen-bond donors (Lipinski definition) is 0. The first kappa shape index (κ1) is 12.8. The summed E-state index contributed by atoms with van der Waals surface area (Å²) in [6.45, 7) is 4.05. The second-order valence-corrected chi connectivity index (χ2v) is 6.63. The fourth-order valence-corrected chi connectivity index (χ4v) is 3.74. The average Bonchev–Trinajstić information content (AvgIpc) is 3.14. The molecule has 0 unspecified atom stereocenters. The van der Waals surface area contributed by atoms with Crippen LogP contribution in [0.4, 0.5) is 5.13 Å². The highest BCUT2D eigenvalue weighted by Crippen LogP contribution is 2.29. The van der Waals surface area contributed by atoms with E-state index >= 15 is 0 Å². The molecule has 0 amide bonds. The number of fused-ring (bicyclic) bond motifs is 1. The molecule has 0 atom stereocenters. The Hall–Kier alpha value is -1.95. The SMILES string of the molecule is Cc1nnc(N2CCC(n3ncc4ccccc43)CC2)s1. The molecule has 0 bridgehead atoms. The largest absolute Gasteiger partial charge is 0.347 e. The molecule has 1 aromatic carbocycles. The number of hydrogen-bond acceptors (Lipinski definition) is 5. The van der Waals surface area contributed by atoms with E-state index in [-0.39, 0.29) is 0 Å². The Balaban J connectivity index is 1.52. The molecule has 108 valence electrons. The van der Waals surface area contributed by atoms with Gasteiger partial charge in [-0.2, -0.15) is 5.10 Å². The van der Waals surface area contributed by atoms with E-state index in [1.807, 2.05) is 13.1 Å². The minimum Gasteiger partial charge on any atom is -0.347 e. The summed E-state index contributed by atoms with van der Waals surface area (Å²) in [5.41, 5.74) is 1.24. The molecule has 0 aliphatic carbocycles. The quantitative estimate of drug-likeness (QED) is 0.729. The van der Waals surface area contributed by atoms with Crippen LogP contribution >= 0.6 is 11.3 Å². The molecule has 21 heavy (non-hydrogen) atoms. The lowest BCUT2D eigenvalue weighted by Crippen LogP contribution is -2.34. The van der Waals surface area contributed by atoms with Crippen LogP contribution in [0.15, 0.2) is 30.5 Å². The molecule has 3 heterocycles. The highest BCUT2D eigenvalue weighted by atomic mass is 32.1. The third-order valence-corrected chi connectivity index (χ3v) is 5.00. The summed E-state index contributed by atoms with van der Waals surface area (Å²) in [5.74, 6) is 0. The van der Waals surface area contributed by atoms with Gasteiger partial charge < -0.3 is 4.90 Å². The van der Waals surface area contributed by atoms with Crippen LogP contribution in [0.1, 0.15) is 23.9 Å². The maximum absolute atomic E-state index is 4.59. The fourth-order valence-electron chi connectivity index (χ4n) is 3.00. The molecular weight excluding hydrogens is 282 g/mol. The summed E-state index contributed by atoms with van der Waals surface area (Å²) < 4.78 is 2.19. The summed E-state index contributed by atoms with van der Waals surface area (Å²) in [4.78, 5) is 2.34. The molecule has 4 rings (SSSR count). The molecule has 3 aromatic rings. The molecule has 0 saturated carbocycles. The van der Waals surface area contributed by atoms with E-state index in [0.29, 0.717) is 6.04 Å². The number of piperidine rings is 1. The third-order valence-electron chi connectivity index (χ3n) is 4.10. The van der Waals surface area contributed by atoms with Crippen molar-refractivity contribution in [2.24, 2.45) is 0 Å². The van der Waals surface area contributed by atoms with Crippen LogP contribution in [0.5, 0.6) is 0 Å². The number of aromatic nitrogens is 4. The van der Waals surface area contributed by atoms with Crippen molar-refractivity contribution < 1.29 is 0 Å². The van der Waals surface area contributed by atoms with Crippen LogP contribution in [-0.4, -0.2) is 33.1 Å². The molecule has 1 aliphatic rings. The van der Waals surface area contributed by atoms with Crippen molar-refractivity contribution in [1.29, 1.82) is 0 Å². The van der Waals surface area contributed by atoms with Crippen molar-refractivity contribution in [3.05, 3.63) is 35.5 Å². The molecule has 2 aromatic heterocycles. The predicted octanol–water partition coefficient (Wildman–Crippen LogP) is 3.04. The van der Waals surface area contributed by atoms with Crippen LogP contribution in [0, 0.1) is 6.92 Å². The maximum atomic E-state index is 4.59. The first-order valence-corrected chi connectivity index (χ1v) is 8.10. The first-order chi connectivity index (χ1) is 10.3. The molecule has 0 spiro atoms. The zero-order valence-electron chi connectivity index (χ0n) is 11.9. The van der Waals surface area contributed by atoms with Crippen molar-refractivity contribution in [1.82, 2.24) is 20.0 Å². The van der Waals surface area contributed by atoms with Gasteiger partial charge in [0.25, 0.3) is 0 Å². The Labute approximate surface area is 127 Å². The zero-order chi connectivity index (χ0) is 14.2. The van der Waals surface area contributed by atoms with Gasteiger partial charge in [-0.3, -0.25) is 4.68 Å². The summed E-state index contributed by atoms with van der Waals surface area (Å²) in [6, 6.07) is 8.91. The minimum absolute atomic E-state index is 0.482. The molecule has 0 radical (unpaired) electrons. The summed E-state index contributed by atoms with van der Waals surface area (Å²) >= 11 is 1.68. The average molecular weight is 299 g/mol. The van der Waals surface area contributed by atoms with Gasteiger partial charge in [-0.15, -0.1) is 10.2 Å². The normalized spacial score (nSPS) is 16.7. The van der Waals surface area contributed by atoms with E-state index in [0.717, 1.165) is 36.1 Å². The molecular formula is C15H17N5S. The summed E-state index contributed by atoms with van der Waals surface area (Å²) in [7, 11) is 0. The van der Waals surface area contributed by atoms with E-state index in [2.05, 4.69) is 49.1 Å². The standard InChI is InChI=1S/C15H17N5S/c1-11-17-18-15(21-11)19-8-6-13(7-9-19)20-14-5-3-2-4-12(14)10-16-20/h2-5,10,13H,6-9H2,1H3.